The van der Waals surface area contributed by atoms with Gasteiger partial charge in [-0.3, -0.25) is 14.9 Å². The van der Waals surface area contributed by atoms with Gasteiger partial charge in [-0.15, -0.1) is 0 Å². The van der Waals surface area contributed by atoms with Crippen LogP contribution in [0, 0.1) is 10.1 Å². The van der Waals surface area contributed by atoms with Crippen molar-refractivity contribution in [3.63, 3.8) is 0 Å². The Bertz CT molecular complexity index is 960. The van der Waals surface area contributed by atoms with Crippen LogP contribution in [0.2, 0.25) is 0 Å². The Morgan fingerprint density at radius 1 is 1.04 bits per heavy atom. The Morgan fingerprint density at radius 3 is 2.46 bits per heavy atom. The molecule has 0 saturated carbocycles. The number of nitrogens with zero attached hydrogens (tertiary/aromatic N) is 3. The number of carbonyl (C=O) groups excluding carboxylic acids is 1. The standard InChI is InChI=1S/C19H13N3O3S/c23-17(15-5-2-1-3-6-15)9-7-14-8-10-18(16(13-14)22(24)25)26-19-20-11-4-12-21-19/h1-13H. The number of carbonyl (C=O) groups is 1. The zero-order chi connectivity index (χ0) is 18.4. The van der Waals surface area contributed by atoms with Gasteiger partial charge < -0.3 is 0 Å². The Morgan fingerprint density at radius 2 is 1.77 bits per heavy atom. The molecule has 6 nitrogen and oxygen atoms in total. The van der Waals surface area contributed by atoms with Gasteiger partial charge in [-0.2, -0.15) is 0 Å². The van der Waals surface area contributed by atoms with Crippen molar-refractivity contribution in [2.24, 2.45) is 0 Å². The molecule has 0 aliphatic carbocycles. The highest BCUT2D eigenvalue weighted by Gasteiger charge is 2.16. The molecule has 128 valence electrons. The molecule has 0 radical (unpaired) electrons. The van der Waals surface area contributed by atoms with Crippen LogP contribution in [0.3, 0.4) is 0 Å². The maximum absolute atomic E-state index is 12.1. The molecule has 3 aromatic rings. The van der Waals surface area contributed by atoms with Gasteiger partial charge in [0.1, 0.15) is 0 Å². The molecule has 0 saturated heterocycles. The van der Waals surface area contributed by atoms with E-state index in [0.717, 1.165) is 11.8 Å². The monoisotopic (exact) mass is 363 g/mol. The van der Waals surface area contributed by atoms with E-state index in [1.165, 1.54) is 12.1 Å². The zero-order valence-corrected chi connectivity index (χ0v) is 14.3. The minimum Gasteiger partial charge on any atom is -0.289 e. The third-order valence-electron chi connectivity index (χ3n) is 3.41. The van der Waals surface area contributed by atoms with E-state index in [0.29, 0.717) is 21.2 Å². The number of aromatic nitrogens is 2. The summed E-state index contributed by atoms with van der Waals surface area (Å²) in [5.41, 5.74) is 1.07. The SMILES string of the molecule is O=C(C=Cc1ccc(Sc2ncccn2)c([N+](=O)[O-])c1)c1ccccc1. The van der Waals surface area contributed by atoms with Crippen LogP contribution in [-0.2, 0) is 0 Å². The average molecular weight is 363 g/mol. The largest absolute Gasteiger partial charge is 0.289 e. The molecule has 1 heterocycles. The summed E-state index contributed by atoms with van der Waals surface area (Å²) < 4.78 is 0. The summed E-state index contributed by atoms with van der Waals surface area (Å²) in [6.07, 6.45) is 6.12. The first kappa shape index (κ1) is 17.5. The van der Waals surface area contributed by atoms with E-state index < -0.39 is 4.92 Å². The van der Waals surface area contributed by atoms with E-state index in [1.807, 2.05) is 6.07 Å². The van der Waals surface area contributed by atoms with E-state index in [-0.39, 0.29) is 11.5 Å². The van der Waals surface area contributed by atoms with Crippen LogP contribution in [0.15, 0.2) is 83.1 Å². The highest BCUT2D eigenvalue weighted by Crippen LogP contribution is 2.33. The number of ketones is 1. The molecule has 0 fully saturated rings. The Hall–Kier alpha value is -3.32. The normalized spacial score (nSPS) is 10.8. The Balaban J connectivity index is 1.83. The van der Waals surface area contributed by atoms with Crippen LogP contribution in [0.4, 0.5) is 5.69 Å². The van der Waals surface area contributed by atoms with E-state index in [9.17, 15) is 14.9 Å². The van der Waals surface area contributed by atoms with Gasteiger partial charge in [0.2, 0.25) is 0 Å². The van der Waals surface area contributed by atoms with Crippen LogP contribution in [0.5, 0.6) is 0 Å². The molecular formula is C19H13N3O3S. The van der Waals surface area contributed by atoms with Crippen LogP contribution >= 0.6 is 11.8 Å². The van der Waals surface area contributed by atoms with Crippen molar-refractivity contribution in [3.05, 3.63) is 94.3 Å². The number of hydrogen-bond acceptors (Lipinski definition) is 6. The summed E-state index contributed by atoms with van der Waals surface area (Å²) >= 11 is 1.12. The number of allylic oxidation sites excluding steroid dienone is 1. The summed E-state index contributed by atoms with van der Waals surface area (Å²) in [5, 5.41) is 11.8. The van der Waals surface area contributed by atoms with Crippen molar-refractivity contribution in [2.75, 3.05) is 0 Å². The summed E-state index contributed by atoms with van der Waals surface area (Å²) in [6.45, 7) is 0. The molecule has 0 aliphatic rings. The molecule has 7 heteroatoms. The van der Waals surface area contributed by atoms with Crippen molar-refractivity contribution in [3.8, 4) is 0 Å². The zero-order valence-electron chi connectivity index (χ0n) is 13.5. The molecule has 26 heavy (non-hydrogen) atoms. The first-order valence-corrected chi connectivity index (χ1v) is 8.46. The second kappa shape index (κ2) is 8.17. The molecule has 0 bridgehead atoms. The van der Waals surface area contributed by atoms with Crippen molar-refractivity contribution in [2.45, 2.75) is 10.1 Å². The van der Waals surface area contributed by atoms with E-state index >= 15 is 0 Å². The average Bonchev–Trinajstić information content (AvgIpc) is 2.68. The minimum absolute atomic E-state index is 0.0586. The fourth-order valence-corrected chi connectivity index (χ4v) is 2.97. The van der Waals surface area contributed by atoms with Gasteiger partial charge in [0.05, 0.1) is 9.82 Å². The number of nitro groups is 1. The molecule has 0 N–H and O–H groups in total. The van der Waals surface area contributed by atoms with Gasteiger partial charge in [0, 0.05) is 24.0 Å². The maximum Gasteiger partial charge on any atom is 0.283 e. The molecule has 0 unspecified atom stereocenters. The second-order valence-corrected chi connectivity index (χ2v) is 6.19. The minimum atomic E-state index is -0.457. The van der Waals surface area contributed by atoms with Crippen molar-refractivity contribution in [1.82, 2.24) is 9.97 Å². The van der Waals surface area contributed by atoms with Gasteiger partial charge in [-0.05, 0) is 35.5 Å². The lowest BCUT2D eigenvalue weighted by Crippen LogP contribution is -1.94. The van der Waals surface area contributed by atoms with Gasteiger partial charge in [-0.1, -0.05) is 42.5 Å². The quantitative estimate of drug-likeness (QED) is 0.212. The molecule has 0 spiro atoms. The van der Waals surface area contributed by atoms with Crippen molar-refractivity contribution >= 4 is 29.3 Å². The van der Waals surface area contributed by atoms with Gasteiger partial charge in [0.15, 0.2) is 10.9 Å². The number of benzene rings is 2. The summed E-state index contributed by atoms with van der Waals surface area (Å²) in [7, 11) is 0. The topological polar surface area (TPSA) is 86.0 Å². The first-order valence-electron chi connectivity index (χ1n) is 7.64. The van der Waals surface area contributed by atoms with Crippen molar-refractivity contribution in [1.29, 1.82) is 0 Å². The van der Waals surface area contributed by atoms with Crippen LogP contribution in [0.25, 0.3) is 6.08 Å². The molecule has 3 rings (SSSR count). The molecular weight excluding hydrogens is 350 g/mol. The van der Waals surface area contributed by atoms with E-state index in [2.05, 4.69) is 9.97 Å². The fraction of sp³-hybridized carbons (Fsp3) is 0. The third kappa shape index (κ3) is 4.40. The number of nitro benzene ring substituents is 1. The fourth-order valence-electron chi connectivity index (χ4n) is 2.17. The smallest absolute Gasteiger partial charge is 0.283 e. The summed E-state index contributed by atoms with van der Waals surface area (Å²) in [5.74, 6) is -0.163. The van der Waals surface area contributed by atoms with E-state index in [4.69, 9.17) is 0 Å². The highest BCUT2D eigenvalue weighted by atomic mass is 32.2. The molecule has 2 aromatic carbocycles. The predicted molar refractivity (Wildman–Crippen MR) is 99.1 cm³/mol. The van der Waals surface area contributed by atoms with Crippen LogP contribution < -0.4 is 0 Å². The van der Waals surface area contributed by atoms with E-state index in [1.54, 1.807) is 60.9 Å². The van der Waals surface area contributed by atoms with Crippen LogP contribution in [0.1, 0.15) is 15.9 Å². The lowest BCUT2D eigenvalue weighted by Gasteiger charge is -2.03. The summed E-state index contributed by atoms with van der Waals surface area (Å²) in [6, 6.07) is 15.3. The first-order chi connectivity index (χ1) is 12.6. The molecule has 1 aromatic heterocycles. The molecule has 0 aliphatic heterocycles. The predicted octanol–water partition coefficient (Wildman–Crippen LogP) is 4.43. The highest BCUT2D eigenvalue weighted by molar-refractivity contribution is 7.99. The van der Waals surface area contributed by atoms with Gasteiger partial charge >= 0.3 is 0 Å². The molecule has 0 atom stereocenters. The third-order valence-corrected chi connectivity index (χ3v) is 4.37. The van der Waals surface area contributed by atoms with Gasteiger partial charge in [-0.25, -0.2) is 9.97 Å². The molecule has 0 amide bonds. The lowest BCUT2D eigenvalue weighted by atomic mass is 10.1. The Kier molecular flexibility index (Phi) is 5.50. The lowest BCUT2D eigenvalue weighted by molar-refractivity contribution is -0.387. The van der Waals surface area contributed by atoms with Crippen LogP contribution in [-0.4, -0.2) is 20.7 Å². The Labute approximate surface area is 153 Å². The summed E-state index contributed by atoms with van der Waals surface area (Å²) in [4.78, 5) is 31.6. The number of hydrogen-bond donors (Lipinski definition) is 0. The van der Waals surface area contributed by atoms with Gasteiger partial charge in [0.25, 0.3) is 5.69 Å². The maximum atomic E-state index is 12.1. The number of rotatable bonds is 6. The second-order valence-electron chi connectivity index (χ2n) is 5.18. The van der Waals surface area contributed by atoms with Crippen molar-refractivity contribution < 1.29 is 9.72 Å².